The van der Waals surface area contributed by atoms with Gasteiger partial charge in [0.2, 0.25) is 0 Å². The molecule has 2 rings (SSSR count). The molecule has 1 aromatic carbocycles. The van der Waals surface area contributed by atoms with Crippen LogP contribution in [0.5, 0.6) is 0 Å². The first kappa shape index (κ1) is 6.49. The summed E-state index contributed by atoms with van der Waals surface area (Å²) >= 11 is 1.89. The molecule has 1 aliphatic carbocycles. The molecule has 0 spiro atoms. The molecule has 1 aliphatic rings. The molecule has 1 aromatic rings. The molecule has 0 fully saturated rings. The normalized spacial score (nSPS) is 17.3. The Balaban J connectivity index is 2.42. The molecule has 0 saturated heterocycles. The average molecular weight is 194 g/mol. The van der Waals surface area contributed by atoms with Gasteiger partial charge in [0.15, 0.2) is 0 Å². The molecule has 0 radical (unpaired) electrons. The first-order valence-corrected chi connectivity index (χ1v) is 5.08. The van der Waals surface area contributed by atoms with Crippen molar-refractivity contribution in [2.24, 2.45) is 0 Å². The van der Waals surface area contributed by atoms with Crippen molar-refractivity contribution in [2.75, 3.05) is 0 Å². The van der Waals surface area contributed by atoms with E-state index in [0.29, 0.717) is 0 Å². The van der Waals surface area contributed by atoms with Crippen LogP contribution >= 0.6 is 0 Å². The van der Waals surface area contributed by atoms with E-state index in [-0.39, 0.29) is 0 Å². The van der Waals surface area contributed by atoms with Crippen molar-refractivity contribution in [3.63, 3.8) is 0 Å². The summed E-state index contributed by atoms with van der Waals surface area (Å²) in [7, 11) is 0. The number of hydrogen-bond donors (Lipinski definition) is 0. The van der Waals surface area contributed by atoms with Crippen LogP contribution in [0.3, 0.4) is 0 Å². The Morgan fingerprint density at radius 1 is 1.10 bits per heavy atom. The summed E-state index contributed by atoms with van der Waals surface area (Å²) in [6.45, 7) is 0. The Morgan fingerprint density at radius 3 is 2.10 bits per heavy atom. The molecule has 0 N–H and O–H groups in total. The van der Waals surface area contributed by atoms with E-state index in [0.717, 1.165) is 4.71 Å². The third-order valence-corrected chi connectivity index (χ3v) is 3.07. The van der Waals surface area contributed by atoms with Gasteiger partial charge in [-0.2, -0.15) is 0 Å². The van der Waals surface area contributed by atoms with Crippen molar-refractivity contribution in [3.8, 4) is 0 Å². The summed E-state index contributed by atoms with van der Waals surface area (Å²) in [5, 5.41) is 0. The Bertz CT molecular complexity index is 217. The SMILES string of the molecule is [AsH2]C1Cc2ccccc2C1. The molecule has 52 valence electrons. The third-order valence-electron chi connectivity index (χ3n) is 2.08. The number of fused-ring (bicyclic) bond motifs is 1. The van der Waals surface area contributed by atoms with Crippen molar-refractivity contribution in [1.29, 1.82) is 0 Å². The maximum atomic E-state index is 2.26. The van der Waals surface area contributed by atoms with Crippen molar-refractivity contribution in [3.05, 3.63) is 35.4 Å². The molecular formula is C9H11As. The van der Waals surface area contributed by atoms with Crippen molar-refractivity contribution in [2.45, 2.75) is 17.5 Å². The van der Waals surface area contributed by atoms with Crippen molar-refractivity contribution in [1.82, 2.24) is 0 Å². The van der Waals surface area contributed by atoms with Gasteiger partial charge in [-0.05, 0) is 0 Å². The quantitative estimate of drug-likeness (QED) is 0.544. The molecule has 10 heavy (non-hydrogen) atoms. The second-order valence-corrected chi connectivity index (χ2v) is 4.92. The van der Waals surface area contributed by atoms with Gasteiger partial charge < -0.3 is 0 Å². The fourth-order valence-corrected chi connectivity index (χ4v) is 2.66. The van der Waals surface area contributed by atoms with Gasteiger partial charge in [0.25, 0.3) is 0 Å². The van der Waals surface area contributed by atoms with E-state index in [9.17, 15) is 0 Å². The van der Waals surface area contributed by atoms with E-state index < -0.39 is 0 Å². The van der Waals surface area contributed by atoms with E-state index in [4.69, 9.17) is 0 Å². The maximum absolute atomic E-state index is 2.26. The van der Waals surface area contributed by atoms with Gasteiger partial charge in [-0.1, -0.05) is 0 Å². The Labute approximate surface area is 70.1 Å². The summed E-state index contributed by atoms with van der Waals surface area (Å²) in [4.78, 5) is 0. The van der Waals surface area contributed by atoms with Crippen LogP contribution in [0.15, 0.2) is 24.3 Å². The zero-order valence-electron chi connectivity index (χ0n) is 5.88. The summed E-state index contributed by atoms with van der Waals surface area (Å²) in [6.07, 6.45) is 2.63. The minimum absolute atomic E-state index is 0.935. The molecule has 1 heteroatoms. The number of rotatable bonds is 0. The first-order valence-electron chi connectivity index (χ1n) is 3.68. The summed E-state index contributed by atoms with van der Waals surface area (Å²) < 4.78 is 0.935. The van der Waals surface area contributed by atoms with Gasteiger partial charge in [-0.25, -0.2) is 0 Å². The van der Waals surface area contributed by atoms with Gasteiger partial charge in [-0.3, -0.25) is 0 Å². The number of hydrogen-bond acceptors (Lipinski definition) is 0. The second kappa shape index (κ2) is 2.43. The van der Waals surface area contributed by atoms with Gasteiger partial charge in [0.05, 0.1) is 0 Å². The Hall–Kier alpha value is -0.222. The summed E-state index contributed by atoms with van der Waals surface area (Å²) in [5.41, 5.74) is 3.16. The molecule has 0 aromatic heterocycles. The van der Waals surface area contributed by atoms with Gasteiger partial charge in [0.1, 0.15) is 0 Å². The molecule has 0 amide bonds. The van der Waals surface area contributed by atoms with Crippen molar-refractivity contribution < 1.29 is 0 Å². The minimum atomic E-state index is 0.935. The monoisotopic (exact) mass is 194 g/mol. The van der Waals surface area contributed by atoms with Crippen LogP contribution in [-0.2, 0) is 12.8 Å². The number of benzene rings is 1. The zero-order valence-corrected chi connectivity index (χ0v) is 8.30. The predicted molar refractivity (Wildman–Crippen MR) is 46.1 cm³/mol. The summed E-state index contributed by atoms with van der Waals surface area (Å²) in [5.74, 6) is 0. The molecule has 0 heterocycles. The molecular weight excluding hydrogens is 183 g/mol. The predicted octanol–water partition coefficient (Wildman–Crippen LogP) is 1.21. The van der Waals surface area contributed by atoms with E-state index in [1.165, 1.54) is 12.8 Å². The Morgan fingerprint density at radius 2 is 1.60 bits per heavy atom. The first-order chi connectivity index (χ1) is 4.86. The molecule has 1 atom stereocenters. The van der Waals surface area contributed by atoms with Crippen LogP contribution in [0.25, 0.3) is 0 Å². The topological polar surface area (TPSA) is 0 Å². The summed E-state index contributed by atoms with van der Waals surface area (Å²) in [6, 6.07) is 8.80. The molecule has 0 saturated carbocycles. The van der Waals surface area contributed by atoms with E-state index in [1.54, 1.807) is 11.1 Å². The molecule has 0 aliphatic heterocycles. The van der Waals surface area contributed by atoms with E-state index >= 15 is 0 Å². The van der Waals surface area contributed by atoms with Gasteiger partial charge in [-0.15, -0.1) is 0 Å². The fourth-order valence-electron chi connectivity index (χ4n) is 1.59. The van der Waals surface area contributed by atoms with E-state index in [2.05, 4.69) is 24.3 Å². The fraction of sp³-hybridized carbons (Fsp3) is 0.333. The molecule has 0 nitrogen and oxygen atoms in total. The van der Waals surface area contributed by atoms with Crippen LogP contribution in [0, 0.1) is 0 Å². The standard InChI is InChI=1S/C9H11As/c10-9-5-7-3-1-2-4-8(7)6-9/h1-4,9H,5-6,10H2. The second-order valence-electron chi connectivity index (χ2n) is 2.94. The average Bonchev–Trinajstić information content (AvgIpc) is 2.27. The van der Waals surface area contributed by atoms with Gasteiger partial charge >= 0.3 is 69.8 Å². The third kappa shape index (κ3) is 1.01. The van der Waals surface area contributed by atoms with Crippen LogP contribution in [0.2, 0.25) is 4.71 Å². The zero-order chi connectivity index (χ0) is 6.97. The van der Waals surface area contributed by atoms with Crippen LogP contribution < -0.4 is 0 Å². The van der Waals surface area contributed by atoms with Crippen LogP contribution in [0.1, 0.15) is 11.1 Å². The molecule has 0 bridgehead atoms. The molecule has 1 unspecified atom stereocenters. The van der Waals surface area contributed by atoms with Crippen molar-refractivity contribution >= 4 is 16.9 Å². The Kier molecular flexibility index (Phi) is 1.58. The van der Waals surface area contributed by atoms with Crippen LogP contribution in [-0.4, -0.2) is 16.9 Å². The van der Waals surface area contributed by atoms with Gasteiger partial charge in [0, 0.05) is 0 Å². The van der Waals surface area contributed by atoms with Crippen LogP contribution in [0.4, 0.5) is 0 Å². The van der Waals surface area contributed by atoms with E-state index in [1.807, 2.05) is 16.9 Å².